The maximum Gasteiger partial charge on any atom is 0.267 e. The Labute approximate surface area is 175 Å². The average Bonchev–Trinajstić information content (AvgIpc) is 3.15. The molecule has 0 saturated carbocycles. The number of hydrogen-bond donors (Lipinski definition) is 1. The van der Waals surface area contributed by atoms with Gasteiger partial charge in [-0.25, -0.2) is 22.7 Å². The van der Waals surface area contributed by atoms with Gasteiger partial charge in [0.25, 0.3) is 10.0 Å². The summed E-state index contributed by atoms with van der Waals surface area (Å²) in [5.74, 6) is 0.794. The molecule has 7 heteroatoms. The van der Waals surface area contributed by atoms with Crippen molar-refractivity contribution in [1.29, 1.82) is 0 Å². The summed E-state index contributed by atoms with van der Waals surface area (Å²) in [5, 5.41) is 3.07. The first-order chi connectivity index (χ1) is 14.4. The van der Waals surface area contributed by atoms with E-state index in [-0.39, 0.29) is 11.6 Å². The number of hydrogen-bond acceptors (Lipinski definition) is 5. The highest BCUT2D eigenvalue weighted by Crippen LogP contribution is 2.36. The Morgan fingerprint density at radius 2 is 1.67 bits per heavy atom. The molecule has 0 unspecified atom stereocenters. The summed E-state index contributed by atoms with van der Waals surface area (Å²) in [6.07, 6.45) is 0. The summed E-state index contributed by atoms with van der Waals surface area (Å²) in [6.45, 7) is 4.06. The lowest BCUT2D eigenvalue weighted by molar-refractivity contribution is 0.592. The summed E-state index contributed by atoms with van der Waals surface area (Å²) in [4.78, 5) is 9.66. The molecule has 2 heterocycles. The van der Waals surface area contributed by atoms with Crippen LogP contribution in [-0.2, 0) is 10.0 Å². The van der Waals surface area contributed by atoms with Crippen LogP contribution >= 0.6 is 0 Å². The molecule has 0 saturated heterocycles. The molecule has 0 atom stereocenters. The second-order valence-electron chi connectivity index (χ2n) is 7.44. The molecular formula is C23H20N4O2S. The lowest BCUT2D eigenvalue weighted by Gasteiger charge is -2.17. The molecule has 0 amide bonds. The van der Waals surface area contributed by atoms with E-state index < -0.39 is 10.0 Å². The fraction of sp³-hybridized carbons (Fsp3) is 0.130. The Morgan fingerprint density at radius 1 is 0.900 bits per heavy atom. The molecule has 0 spiro atoms. The maximum absolute atomic E-state index is 13.3. The molecule has 3 aromatic carbocycles. The van der Waals surface area contributed by atoms with Crippen molar-refractivity contribution >= 4 is 32.7 Å². The molecule has 30 heavy (non-hydrogen) atoms. The molecule has 0 radical (unpaired) electrons. The van der Waals surface area contributed by atoms with E-state index in [4.69, 9.17) is 4.98 Å². The molecule has 5 rings (SSSR count). The smallest absolute Gasteiger partial charge is 0.267 e. The van der Waals surface area contributed by atoms with Gasteiger partial charge in [0, 0.05) is 5.56 Å². The number of anilines is 2. The third-order valence-electron chi connectivity index (χ3n) is 5.24. The fourth-order valence-corrected chi connectivity index (χ4v) is 4.99. The minimum atomic E-state index is -3.75. The van der Waals surface area contributed by atoms with Crippen LogP contribution in [0, 0.1) is 13.8 Å². The van der Waals surface area contributed by atoms with Gasteiger partial charge in [-0.05, 0) is 37.6 Å². The van der Waals surface area contributed by atoms with E-state index in [9.17, 15) is 8.42 Å². The molecular weight excluding hydrogens is 396 g/mol. The lowest BCUT2D eigenvalue weighted by atomic mass is 10.0. The predicted molar refractivity (Wildman–Crippen MR) is 119 cm³/mol. The summed E-state index contributed by atoms with van der Waals surface area (Å²) in [6, 6.07) is 20.8. The number of nitrogens with one attached hydrogen (secondary N) is 1. The Balaban J connectivity index is 1.67. The van der Waals surface area contributed by atoms with Crippen molar-refractivity contribution in [1.82, 2.24) is 9.97 Å². The van der Waals surface area contributed by atoms with Gasteiger partial charge in [-0.2, -0.15) is 0 Å². The third-order valence-corrected chi connectivity index (χ3v) is 6.99. The van der Waals surface area contributed by atoms with Gasteiger partial charge >= 0.3 is 0 Å². The quantitative estimate of drug-likeness (QED) is 0.533. The van der Waals surface area contributed by atoms with Gasteiger partial charge in [0.15, 0.2) is 11.6 Å². The molecule has 6 nitrogen and oxygen atoms in total. The van der Waals surface area contributed by atoms with Gasteiger partial charge in [0.1, 0.15) is 6.67 Å². The minimum Gasteiger partial charge on any atom is -0.348 e. The number of fused-ring (bicyclic) bond motifs is 2. The molecule has 1 aromatic heterocycles. The standard InChI is InChI=1S/C23H20N4O2S/c1-15-9-11-18(12-10-15)30(28,29)27-14-24-22-23(27)26-21-19(7-4-8-20(21)25-22)17-6-3-5-16(2)13-17/h3-13H,14H2,1-2H3,(H,24,25). The van der Waals surface area contributed by atoms with E-state index in [0.29, 0.717) is 17.2 Å². The van der Waals surface area contributed by atoms with Crippen LogP contribution in [0.5, 0.6) is 0 Å². The Bertz CT molecular complexity index is 1380. The predicted octanol–water partition coefficient (Wildman–Crippen LogP) is 4.49. The number of benzene rings is 3. The topological polar surface area (TPSA) is 75.2 Å². The number of nitrogens with zero attached hydrogens (tertiary/aromatic N) is 3. The first-order valence-corrected chi connectivity index (χ1v) is 11.1. The SMILES string of the molecule is Cc1ccc(S(=O)(=O)N2CNc3nc4cccc(-c5cccc(C)c5)c4nc32)cc1. The van der Waals surface area contributed by atoms with Gasteiger partial charge in [-0.3, -0.25) is 0 Å². The second kappa shape index (κ2) is 6.81. The van der Waals surface area contributed by atoms with E-state index in [2.05, 4.69) is 16.4 Å². The molecule has 4 aromatic rings. The monoisotopic (exact) mass is 416 g/mol. The summed E-state index contributed by atoms with van der Waals surface area (Å²) in [7, 11) is -3.75. The Morgan fingerprint density at radius 3 is 2.43 bits per heavy atom. The summed E-state index contributed by atoms with van der Waals surface area (Å²) < 4.78 is 27.8. The summed E-state index contributed by atoms with van der Waals surface area (Å²) >= 11 is 0. The molecule has 150 valence electrons. The molecule has 0 bridgehead atoms. The Hall–Kier alpha value is -3.45. The largest absolute Gasteiger partial charge is 0.348 e. The highest BCUT2D eigenvalue weighted by molar-refractivity contribution is 7.92. The van der Waals surface area contributed by atoms with Crippen LogP contribution < -0.4 is 9.62 Å². The van der Waals surface area contributed by atoms with Crippen molar-refractivity contribution in [2.24, 2.45) is 0 Å². The fourth-order valence-electron chi connectivity index (χ4n) is 3.66. The molecule has 1 aliphatic heterocycles. The molecule has 1 N–H and O–H groups in total. The van der Waals surface area contributed by atoms with Crippen molar-refractivity contribution in [3.05, 3.63) is 77.9 Å². The zero-order valence-electron chi connectivity index (χ0n) is 16.6. The van der Waals surface area contributed by atoms with Crippen molar-refractivity contribution in [2.75, 3.05) is 16.3 Å². The Kier molecular flexibility index (Phi) is 4.22. The number of para-hydroxylation sites is 1. The van der Waals surface area contributed by atoms with E-state index in [1.165, 1.54) is 4.31 Å². The molecule has 0 fully saturated rings. The number of aryl methyl sites for hydroxylation is 2. The van der Waals surface area contributed by atoms with E-state index in [0.717, 1.165) is 27.8 Å². The van der Waals surface area contributed by atoms with Crippen molar-refractivity contribution in [3.63, 3.8) is 0 Å². The van der Waals surface area contributed by atoms with Crippen LogP contribution in [0.25, 0.3) is 22.2 Å². The van der Waals surface area contributed by atoms with Gasteiger partial charge < -0.3 is 5.32 Å². The van der Waals surface area contributed by atoms with Crippen LogP contribution in [0.2, 0.25) is 0 Å². The second-order valence-corrected chi connectivity index (χ2v) is 9.30. The number of rotatable bonds is 3. The highest BCUT2D eigenvalue weighted by atomic mass is 32.2. The van der Waals surface area contributed by atoms with Crippen molar-refractivity contribution in [2.45, 2.75) is 18.7 Å². The normalized spacial score (nSPS) is 13.3. The first kappa shape index (κ1) is 18.6. The van der Waals surface area contributed by atoms with Gasteiger partial charge in [0.05, 0.1) is 15.9 Å². The average molecular weight is 417 g/mol. The van der Waals surface area contributed by atoms with Crippen LogP contribution in [0.3, 0.4) is 0 Å². The first-order valence-electron chi connectivity index (χ1n) is 9.64. The van der Waals surface area contributed by atoms with E-state index in [1.807, 2.05) is 50.2 Å². The third kappa shape index (κ3) is 2.98. The molecule has 1 aliphatic rings. The van der Waals surface area contributed by atoms with Crippen molar-refractivity contribution in [3.8, 4) is 11.1 Å². The minimum absolute atomic E-state index is 0.0989. The van der Waals surface area contributed by atoms with Gasteiger partial charge in [0.2, 0.25) is 0 Å². The van der Waals surface area contributed by atoms with Crippen LogP contribution in [-0.4, -0.2) is 25.1 Å². The maximum atomic E-state index is 13.3. The van der Waals surface area contributed by atoms with E-state index >= 15 is 0 Å². The van der Waals surface area contributed by atoms with Gasteiger partial charge in [-0.1, -0.05) is 59.7 Å². The van der Waals surface area contributed by atoms with Crippen LogP contribution in [0.1, 0.15) is 11.1 Å². The number of sulfonamides is 1. The number of aromatic nitrogens is 2. The zero-order valence-corrected chi connectivity index (χ0v) is 17.4. The van der Waals surface area contributed by atoms with Crippen LogP contribution in [0.15, 0.2) is 71.6 Å². The van der Waals surface area contributed by atoms with E-state index in [1.54, 1.807) is 24.3 Å². The highest BCUT2D eigenvalue weighted by Gasteiger charge is 2.33. The van der Waals surface area contributed by atoms with Crippen LogP contribution in [0.4, 0.5) is 11.6 Å². The summed E-state index contributed by atoms with van der Waals surface area (Å²) in [5.41, 5.74) is 5.48. The molecule has 0 aliphatic carbocycles. The lowest BCUT2D eigenvalue weighted by Crippen LogP contribution is -2.31. The zero-order chi connectivity index (χ0) is 20.9. The van der Waals surface area contributed by atoms with Gasteiger partial charge in [-0.15, -0.1) is 0 Å². The van der Waals surface area contributed by atoms with Crippen molar-refractivity contribution < 1.29 is 8.42 Å².